The van der Waals surface area contributed by atoms with Crippen LogP contribution in [0.3, 0.4) is 0 Å². The van der Waals surface area contributed by atoms with Gasteiger partial charge in [-0.2, -0.15) is 4.98 Å². The predicted molar refractivity (Wildman–Crippen MR) is 118 cm³/mol. The molecule has 2 aliphatic rings. The Bertz CT molecular complexity index is 1160. The first-order valence-electron chi connectivity index (χ1n) is 10.1. The molecule has 1 aromatic heterocycles. The minimum Gasteiger partial charge on any atom is -0.481 e. The van der Waals surface area contributed by atoms with Crippen LogP contribution in [0.4, 0.5) is 17.5 Å². The van der Waals surface area contributed by atoms with Crippen molar-refractivity contribution in [3.05, 3.63) is 41.4 Å². The normalized spacial score (nSPS) is 16.0. The molecule has 0 saturated carbocycles. The summed E-state index contributed by atoms with van der Waals surface area (Å²) in [5.74, 6) is 1.65. The minimum atomic E-state index is -0.739. The van der Waals surface area contributed by atoms with Gasteiger partial charge in [0.25, 0.3) is 0 Å². The minimum absolute atomic E-state index is 0.213. The van der Waals surface area contributed by atoms with E-state index >= 15 is 0 Å². The Labute approximate surface area is 184 Å². The summed E-state index contributed by atoms with van der Waals surface area (Å²) in [6, 6.07) is 11.3. The molecule has 0 spiro atoms. The number of hydrogen-bond acceptors (Lipinski definition) is 7. The van der Waals surface area contributed by atoms with E-state index in [-0.39, 0.29) is 12.7 Å². The van der Waals surface area contributed by atoms with Crippen LogP contribution in [0.1, 0.15) is 12.8 Å². The number of hydrogen-bond donors (Lipinski definition) is 1. The SMILES string of the molecule is CN(c1ccc2c(c1)OCO2)c1nc(N2CCC(C(=O)O)CC2)nc2ccc(Cl)cc12. The Hall–Kier alpha value is -3.26. The molecule has 3 aromatic rings. The number of carboxylic acid groups (broad SMARTS) is 1. The average Bonchev–Trinajstić information content (AvgIpc) is 3.26. The molecule has 1 N–H and O–H groups in total. The van der Waals surface area contributed by atoms with Crippen LogP contribution in [0.2, 0.25) is 5.02 Å². The van der Waals surface area contributed by atoms with Crippen molar-refractivity contribution in [1.29, 1.82) is 0 Å². The van der Waals surface area contributed by atoms with Gasteiger partial charge in [0.15, 0.2) is 11.5 Å². The largest absolute Gasteiger partial charge is 0.481 e. The van der Waals surface area contributed by atoms with Crippen LogP contribution in [0.15, 0.2) is 36.4 Å². The molecular formula is C22H21ClN4O4. The van der Waals surface area contributed by atoms with Gasteiger partial charge in [0.2, 0.25) is 12.7 Å². The van der Waals surface area contributed by atoms with E-state index in [0.29, 0.717) is 48.5 Å². The summed E-state index contributed by atoms with van der Waals surface area (Å²) < 4.78 is 10.9. The maximum Gasteiger partial charge on any atom is 0.306 e. The molecule has 0 radical (unpaired) electrons. The van der Waals surface area contributed by atoms with Gasteiger partial charge in [-0.15, -0.1) is 0 Å². The highest BCUT2D eigenvalue weighted by Gasteiger charge is 2.27. The zero-order chi connectivity index (χ0) is 21.5. The van der Waals surface area contributed by atoms with Crippen molar-refractivity contribution in [3.63, 3.8) is 0 Å². The topological polar surface area (TPSA) is 88.0 Å². The molecule has 3 heterocycles. The molecule has 9 heteroatoms. The van der Waals surface area contributed by atoms with Crippen LogP contribution < -0.4 is 19.3 Å². The average molecular weight is 441 g/mol. The van der Waals surface area contributed by atoms with Gasteiger partial charge in [-0.3, -0.25) is 4.79 Å². The molecule has 0 aliphatic carbocycles. The number of anilines is 3. The van der Waals surface area contributed by atoms with E-state index in [1.807, 2.05) is 53.2 Å². The zero-order valence-corrected chi connectivity index (χ0v) is 17.7. The molecule has 5 rings (SSSR count). The highest BCUT2D eigenvalue weighted by Crippen LogP contribution is 2.39. The van der Waals surface area contributed by atoms with Crippen molar-refractivity contribution in [2.75, 3.05) is 36.7 Å². The summed E-state index contributed by atoms with van der Waals surface area (Å²) in [4.78, 5) is 24.9. The summed E-state index contributed by atoms with van der Waals surface area (Å²) in [5.41, 5.74) is 1.66. The number of piperidine rings is 1. The van der Waals surface area contributed by atoms with E-state index in [1.165, 1.54) is 0 Å². The lowest BCUT2D eigenvalue weighted by molar-refractivity contribution is -0.142. The molecule has 1 saturated heterocycles. The fourth-order valence-electron chi connectivity index (χ4n) is 4.01. The number of carboxylic acids is 1. The van der Waals surface area contributed by atoms with Crippen LogP contribution in [-0.2, 0) is 4.79 Å². The summed E-state index contributed by atoms with van der Waals surface area (Å²) >= 11 is 6.28. The number of rotatable bonds is 4. The van der Waals surface area contributed by atoms with Crippen molar-refractivity contribution in [3.8, 4) is 11.5 Å². The molecule has 0 amide bonds. The van der Waals surface area contributed by atoms with Crippen LogP contribution in [-0.4, -0.2) is 48.0 Å². The van der Waals surface area contributed by atoms with Crippen molar-refractivity contribution in [2.45, 2.75) is 12.8 Å². The van der Waals surface area contributed by atoms with E-state index in [1.54, 1.807) is 0 Å². The standard InChI is InChI=1S/C22H21ClN4O4/c1-26(15-3-5-18-19(11-15)31-12-30-18)20-16-10-14(23)2-4-17(16)24-22(25-20)27-8-6-13(7-9-27)21(28)29/h2-5,10-11,13H,6-9,12H2,1H3,(H,28,29). The number of nitrogens with zero attached hydrogens (tertiary/aromatic N) is 4. The van der Waals surface area contributed by atoms with Gasteiger partial charge in [-0.25, -0.2) is 4.98 Å². The highest BCUT2D eigenvalue weighted by molar-refractivity contribution is 6.31. The summed E-state index contributed by atoms with van der Waals surface area (Å²) in [7, 11) is 1.93. The number of aliphatic carboxylic acids is 1. The molecule has 1 fully saturated rings. The molecule has 0 atom stereocenters. The molecule has 2 aliphatic heterocycles. The fraction of sp³-hybridized carbons (Fsp3) is 0.318. The Balaban J connectivity index is 1.54. The monoisotopic (exact) mass is 440 g/mol. The van der Waals surface area contributed by atoms with Gasteiger partial charge in [0.1, 0.15) is 5.82 Å². The van der Waals surface area contributed by atoms with Crippen LogP contribution >= 0.6 is 11.6 Å². The lowest BCUT2D eigenvalue weighted by atomic mass is 9.97. The molecule has 2 aromatic carbocycles. The quantitative estimate of drug-likeness (QED) is 0.649. The van der Waals surface area contributed by atoms with Crippen LogP contribution in [0.25, 0.3) is 10.9 Å². The first-order chi connectivity index (χ1) is 15.0. The number of ether oxygens (including phenoxy) is 2. The van der Waals surface area contributed by atoms with E-state index in [9.17, 15) is 9.90 Å². The molecule has 0 unspecified atom stereocenters. The van der Waals surface area contributed by atoms with Crippen LogP contribution in [0.5, 0.6) is 11.5 Å². The van der Waals surface area contributed by atoms with E-state index in [0.717, 1.165) is 22.3 Å². The van der Waals surface area contributed by atoms with Gasteiger partial charge in [-0.1, -0.05) is 11.6 Å². The van der Waals surface area contributed by atoms with Gasteiger partial charge in [-0.05, 0) is 43.2 Å². The number of aromatic nitrogens is 2. The molecule has 31 heavy (non-hydrogen) atoms. The summed E-state index contributed by atoms with van der Waals surface area (Å²) in [6.45, 7) is 1.41. The van der Waals surface area contributed by atoms with Crippen molar-refractivity contribution >= 4 is 45.9 Å². The Morgan fingerprint density at radius 2 is 1.90 bits per heavy atom. The van der Waals surface area contributed by atoms with E-state index in [2.05, 4.69) is 0 Å². The second-order valence-electron chi connectivity index (χ2n) is 7.70. The first kappa shape index (κ1) is 19.7. The van der Waals surface area contributed by atoms with Gasteiger partial charge < -0.3 is 24.4 Å². The third-order valence-electron chi connectivity index (χ3n) is 5.81. The Morgan fingerprint density at radius 3 is 2.68 bits per heavy atom. The number of fused-ring (bicyclic) bond motifs is 2. The molecule has 0 bridgehead atoms. The lowest BCUT2D eigenvalue weighted by Crippen LogP contribution is -2.37. The second kappa shape index (κ2) is 7.77. The van der Waals surface area contributed by atoms with Crippen LogP contribution in [0, 0.1) is 5.92 Å². The molecular weight excluding hydrogens is 420 g/mol. The van der Waals surface area contributed by atoms with E-state index in [4.69, 9.17) is 31.0 Å². The van der Waals surface area contributed by atoms with E-state index < -0.39 is 5.97 Å². The maximum absolute atomic E-state index is 11.3. The maximum atomic E-state index is 11.3. The van der Waals surface area contributed by atoms with Gasteiger partial charge >= 0.3 is 5.97 Å². The summed E-state index contributed by atoms with van der Waals surface area (Å²) in [6.07, 6.45) is 1.15. The number of carbonyl (C=O) groups is 1. The van der Waals surface area contributed by atoms with Crippen molar-refractivity contribution in [1.82, 2.24) is 9.97 Å². The first-order valence-corrected chi connectivity index (χ1v) is 10.5. The smallest absolute Gasteiger partial charge is 0.306 e. The van der Waals surface area contributed by atoms with Gasteiger partial charge in [0.05, 0.1) is 11.4 Å². The Morgan fingerprint density at radius 1 is 1.13 bits per heavy atom. The van der Waals surface area contributed by atoms with Crippen molar-refractivity contribution < 1.29 is 19.4 Å². The number of benzene rings is 2. The number of halogens is 1. The van der Waals surface area contributed by atoms with Gasteiger partial charge in [0, 0.05) is 42.3 Å². The second-order valence-corrected chi connectivity index (χ2v) is 8.14. The van der Waals surface area contributed by atoms with Crippen molar-refractivity contribution in [2.24, 2.45) is 5.92 Å². The third kappa shape index (κ3) is 3.67. The summed E-state index contributed by atoms with van der Waals surface area (Å²) in [5, 5.41) is 10.7. The predicted octanol–water partition coefficient (Wildman–Crippen LogP) is 4.08. The molecule has 8 nitrogen and oxygen atoms in total. The lowest BCUT2D eigenvalue weighted by Gasteiger charge is -2.31. The highest BCUT2D eigenvalue weighted by atomic mass is 35.5. The Kier molecular flexibility index (Phi) is 4.94. The zero-order valence-electron chi connectivity index (χ0n) is 16.9. The third-order valence-corrected chi connectivity index (χ3v) is 6.05. The molecule has 160 valence electrons. The fourth-order valence-corrected chi connectivity index (χ4v) is 4.18.